The molecule has 2 atom stereocenters. The highest BCUT2D eigenvalue weighted by Gasteiger charge is 2.46. The van der Waals surface area contributed by atoms with Gasteiger partial charge in [-0.3, -0.25) is 9.59 Å². The normalized spacial score (nSPS) is 19.9. The minimum atomic E-state index is -0.786. The molecule has 0 unspecified atom stereocenters. The van der Waals surface area contributed by atoms with Crippen LogP contribution in [0.15, 0.2) is 60.7 Å². The van der Waals surface area contributed by atoms with E-state index in [9.17, 15) is 14.7 Å². The van der Waals surface area contributed by atoms with Gasteiger partial charge in [0.2, 0.25) is 0 Å². The molecule has 9 heteroatoms. The van der Waals surface area contributed by atoms with E-state index in [0.717, 1.165) is 11.3 Å². The lowest BCUT2D eigenvalue weighted by Gasteiger charge is -2.26. The molecule has 0 spiro atoms. The number of likely N-dealkylation sites (tertiary alicyclic amines) is 1. The number of aromatic nitrogens is 2. The minimum absolute atomic E-state index is 0.0415. The Bertz CT molecular complexity index is 1380. The first-order valence-electron chi connectivity index (χ1n) is 12.8. The van der Waals surface area contributed by atoms with E-state index in [0.29, 0.717) is 55.2 Å². The van der Waals surface area contributed by atoms with Crippen molar-refractivity contribution in [2.75, 3.05) is 20.3 Å². The maximum atomic E-state index is 13.4. The molecule has 0 radical (unpaired) electrons. The van der Waals surface area contributed by atoms with Crippen LogP contribution in [0.25, 0.3) is 5.76 Å². The number of methoxy groups -OCH3 is 1. The number of Topliss-reactive ketones (excluding diaryl/α,β-unsaturated/α-hetero) is 1. The zero-order chi connectivity index (χ0) is 26.8. The van der Waals surface area contributed by atoms with E-state index in [1.807, 2.05) is 30.7 Å². The van der Waals surface area contributed by atoms with Crippen molar-refractivity contribution in [1.82, 2.24) is 14.5 Å². The number of aryl methyl sites for hydroxylation is 1. The summed E-state index contributed by atoms with van der Waals surface area (Å²) in [5.41, 5.74) is 2.12. The molecule has 1 aromatic heterocycles. The van der Waals surface area contributed by atoms with Gasteiger partial charge in [0, 0.05) is 37.5 Å². The van der Waals surface area contributed by atoms with Crippen molar-refractivity contribution in [3.8, 4) is 17.2 Å². The van der Waals surface area contributed by atoms with Gasteiger partial charge in [-0.2, -0.15) is 0 Å². The number of fused-ring (bicyclic) bond motifs is 1. The Morgan fingerprint density at radius 1 is 1.16 bits per heavy atom. The Balaban J connectivity index is 1.56. The summed E-state index contributed by atoms with van der Waals surface area (Å²) in [4.78, 5) is 32.3. The Hall–Kier alpha value is -4.27. The van der Waals surface area contributed by atoms with Crippen molar-refractivity contribution in [1.29, 1.82) is 0 Å². The van der Waals surface area contributed by atoms with Gasteiger partial charge in [0.25, 0.3) is 11.7 Å². The second-order valence-electron chi connectivity index (χ2n) is 9.44. The second kappa shape index (κ2) is 10.6. The van der Waals surface area contributed by atoms with E-state index < -0.39 is 17.7 Å². The number of hydrogen-bond donors (Lipinski definition) is 1. The molecule has 0 bridgehead atoms. The predicted molar refractivity (Wildman–Crippen MR) is 140 cm³/mol. The first-order chi connectivity index (χ1) is 18.4. The monoisotopic (exact) mass is 517 g/mol. The number of rotatable bonds is 9. The molecule has 2 aliphatic heterocycles. The molecule has 2 aliphatic rings. The van der Waals surface area contributed by atoms with Crippen LogP contribution < -0.4 is 14.2 Å². The zero-order valence-corrected chi connectivity index (χ0v) is 21.7. The SMILES string of the molecule is CCOc1ccc([C@H]2/C(=C(\O)c3ccc4c(c3)C[C@H](C)O4)C(=O)C(=O)N2CCCn2ccnc2)cc1OC. The van der Waals surface area contributed by atoms with Crippen molar-refractivity contribution in [2.45, 2.75) is 45.4 Å². The standard InChI is InChI=1S/C29H31N3O6/c1-4-37-23-9-6-19(16-24(23)36-3)26-25(27(33)20-7-8-22-21(15-20)14-18(2)38-22)28(34)29(35)32(26)12-5-11-31-13-10-30-17-31/h6-10,13,15-18,26,33H,4-5,11-12,14H2,1-3H3/b27-25+/t18-,26-/m0/s1. The number of imidazole rings is 1. The average molecular weight is 518 g/mol. The number of ether oxygens (including phenoxy) is 3. The van der Waals surface area contributed by atoms with E-state index in [4.69, 9.17) is 14.2 Å². The van der Waals surface area contributed by atoms with Gasteiger partial charge in [0.05, 0.1) is 31.7 Å². The number of nitrogens with zero attached hydrogens (tertiary/aromatic N) is 3. The first kappa shape index (κ1) is 25.4. The largest absolute Gasteiger partial charge is 0.507 e. The highest BCUT2D eigenvalue weighted by atomic mass is 16.5. The van der Waals surface area contributed by atoms with Gasteiger partial charge in [-0.1, -0.05) is 6.07 Å². The number of carbonyl (C=O) groups excluding carboxylic acids is 2. The zero-order valence-electron chi connectivity index (χ0n) is 21.7. The molecule has 9 nitrogen and oxygen atoms in total. The molecule has 0 aliphatic carbocycles. The van der Waals surface area contributed by atoms with E-state index in [-0.39, 0.29) is 17.4 Å². The summed E-state index contributed by atoms with van der Waals surface area (Å²) in [6.45, 7) is 5.27. The van der Waals surface area contributed by atoms with Crippen LogP contribution in [0.4, 0.5) is 0 Å². The van der Waals surface area contributed by atoms with Crippen molar-refractivity contribution in [3.05, 3.63) is 77.4 Å². The number of aliphatic hydroxyl groups excluding tert-OH is 1. The van der Waals surface area contributed by atoms with Crippen molar-refractivity contribution < 1.29 is 28.9 Å². The fraction of sp³-hybridized carbons (Fsp3) is 0.345. The Labute approximate surface area is 221 Å². The number of aliphatic hydroxyl groups is 1. The van der Waals surface area contributed by atoms with Crippen LogP contribution in [-0.2, 0) is 22.6 Å². The quantitative estimate of drug-likeness (QED) is 0.259. The topological polar surface area (TPSA) is 103 Å². The molecule has 1 saturated heterocycles. The lowest BCUT2D eigenvalue weighted by Crippen LogP contribution is -2.31. The van der Waals surface area contributed by atoms with Crippen molar-refractivity contribution in [2.24, 2.45) is 0 Å². The van der Waals surface area contributed by atoms with Gasteiger partial charge in [-0.15, -0.1) is 0 Å². The molecule has 1 fully saturated rings. The molecule has 1 N–H and O–H groups in total. The van der Waals surface area contributed by atoms with E-state index in [2.05, 4.69) is 4.98 Å². The molecule has 5 rings (SSSR count). The number of carbonyl (C=O) groups is 2. The van der Waals surface area contributed by atoms with Gasteiger partial charge in [0.1, 0.15) is 17.6 Å². The fourth-order valence-corrected chi connectivity index (χ4v) is 5.15. The first-order valence-corrected chi connectivity index (χ1v) is 12.8. The lowest BCUT2D eigenvalue weighted by atomic mass is 9.94. The van der Waals surface area contributed by atoms with Crippen molar-refractivity contribution in [3.63, 3.8) is 0 Å². The highest BCUT2D eigenvalue weighted by Crippen LogP contribution is 2.42. The smallest absolute Gasteiger partial charge is 0.295 e. The molecular weight excluding hydrogens is 486 g/mol. The van der Waals surface area contributed by atoms with E-state index in [1.54, 1.807) is 42.9 Å². The number of ketones is 1. The van der Waals surface area contributed by atoms with E-state index >= 15 is 0 Å². The second-order valence-corrected chi connectivity index (χ2v) is 9.44. The van der Waals surface area contributed by atoms with Gasteiger partial charge < -0.3 is 28.8 Å². The van der Waals surface area contributed by atoms with Crippen molar-refractivity contribution >= 4 is 17.4 Å². The van der Waals surface area contributed by atoms with Gasteiger partial charge >= 0.3 is 0 Å². The van der Waals surface area contributed by atoms with Crippen LogP contribution in [0, 0.1) is 0 Å². The molecule has 3 heterocycles. The van der Waals surface area contributed by atoms with E-state index in [1.165, 1.54) is 12.0 Å². The average Bonchev–Trinajstić information content (AvgIpc) is 3.62. The predicted octanol–water partition coefficient (Wildman–Crippen LogP) is 4.13. The van der Waals surface area contributed by atoms with Crippen LogP contribution in [0.3, 0.4) is 0 Å². The maximum Gasteiger partial charge on any atom is 0.295 e. The fourth-order valence-electron chi connectivity index (χ4n) is 5.15. The van der Waals surface area contributed by atoms with Gasteiger partial charge in [0.15, 0.2) is 11.5 Å². The summed E-state index contributed by atoms with van der Waals surface area (Å²) >= 11 is 0. The molecule has 198 valence electrons. The van der Waals surface area contributed by atoms with Gasteiger partial charge in [-0.05, 0) is 61.7 Å². The summed E-state index contributed by atoms with van der Waals surface area (Å²) in [5, 5.41) is 11.5. The lowest BCUT2D eigenvalue weighted by molar-refractivity contribution is -0.139. The molecule has 38 heavy (non-hydrogen) atoms. The third-order valence-electron chi connectivity index (χ3n) is 6.89. The van der Waals surface area contributed by atoms with Crippen LogP contribution in [-0.4, -0.2) is 57.6 Å². The van der Waals surface area contributed by atoms with Crippen LogP contribution >= 0.6 is 0 Å². The Morgan fingerprint density at radius 3 is 2.74 bits per heavy atom. The Kier molecular flexibility index (Phi) is 7.09. The highest BCUT2D eigenvalue weighted by molar-refractivity contribution is 6.46. The summed E-state index contributed by atoms with van der Waals surface area (Å²) in [5.74, 6) is 0.240. The molecule has 2 aromatic carbocycles. The summed E-state index contributed by atoms with van der Waals surface area (Å²) in [6.07, 6.45) is 6.60. The number of benzene rings is 2. The summed E-state index contributed by atoms with van der Waals surface area (Å²) in [6, 6.07) is 9.88. The van der Waals surface area contributed by atoms with Gasteiger partial charge in [-0.25, -0.2) is 4.98 Å². The molecule has 1 amide bonds. The number of amides is 1. The van der Waals surface area contributed by atoms with Crippen LogP contribution in [0.1, 0.15) is 43.0 Å². The summed E-state index contributed by atoms with van der Waals surface area (Å²) in [7, 11) is 1.54. The number of hydrogen-bond acceptors (Lipinski definition) is 7. The third kappa shape index (κ3) is 4.71. The summed E-state index contributed by atoms with van der Waals surface area (Å²) < 4.78 is 18.9. The third-order valence-corrected chi connectivity index (χ3v) is 6.89. The van der Waals surface area contributed by atoms with Crippen LogP contribution in [0.5, 0.6) is 17.2 Å². The molecular formula is C29H31N3O6. The minimum Gasteiger partial charge on any atom is -0.507 e. The maximum absolute atomic E-state index is 13.4. The molecule has 3 aromatic rings. The molecule has 0 saturated carbocycles. The Morgan fingerprint density at radius 2 is 2.00 bits per heavy atom. The van der Waals surface area contributed by atoms with Crippen LogP contribution in [0.2, 0.25) is 0 Å².